The predicted molar refractivity (Wildman–Crippen MR) is 116 cm³/mol. The highest BCUT2D eigenvalue weighted by Crippen LogP contribution is 2.22. The average Bonchev–Trinajstić information content (AvgIpc) is 2.82. The first kappa shape index (κ1) is 24.0. The fourth-order valence-electron chi connectivity index (χ4n) is 3.46. The first-order valence-corrected chi connectivity index (χ1v) is 11.9. The predicted octanol–water partition coefficient (Wildman–Crippen LogP) is 3.01. The highest BCUT2D eigenvalue weighted by Gasteiger charge is 2.30. The van der Waals surface area contributed by atoms with E-state index >= 15 is 0 Å². The molecule has 0 aromatic heterocycles. The van der Waals surface area contributed by atoms with E-state index in [1.54, 1.807) is 6.07 Å². The number of halogens is 1. The maximum Gasteiger partial charge on any atom is 0.338 e. The molecule has 7 nitrogen and oxygen atoms in total. The molecule has 0 atom stereocenters. The van der Waals surface area contributed by atoms with Crippen LogP contribution < -0.4 is 0 Å². The molecular formula is C23H26FNO6S. The van der Waals surface area contributed by atoms with Crippen molar-refractivity contribution in [3.63, 3.8) is 0 Å². The number of nitrogens with zero attached hydrogens (tertiary/aromatic N) is 1. The van der Waals surface area contributed by atoms with E-state index in [1.807, 2.05) is 26.0 Å². The van der Waals surface area contributed by atoms with Crippen LogP contribution in [0.3, 0.4) is 0 Å². The number of esters is 1. The second kappa shape index (κ2) is 10.3. The molecule has 0 spiro atoms. The van der Waals surface area contributed by atoms with Gasteiger partial charge in [-0.2, -0.15) is 4.31 Å². The SMILES string of the molecule is CCc1ccc(CC)c(C(=O)COC(=O)c2ccc(F)c(S(=O)(=O)N3CCOCC3)c2)c1. The summed E-state index contributed by atoms with van der Waals surface area (Å²) in [7, 11) is -4.14. The lowest BCUT2D eigenvalue weighted by Crippen LogP contribution is -2.41. The molecule has 0 saturated carbocycles. The van der Waals surface area contributed by atoms with Crippen molar-refractivity contribution in [3.05, 3.63) is 64.5 Å². The number of hydrogen-bond acceptors (Lipinski definition) is 6. The number of carbonyl (C=O) groups is 2. The summed E-state index contributed by atoms with van der Waals surface area (Å²) >= 11 is 0. The fourth-order valence-corrected chi connectivity index (χ4v) is 4.96. The van der Waals surface area contributed by atoms with E-state index in [0.29, 0.717) is 12.0 Å². The van der Waals surface area contributed by atoms with Crippen molar-refractivity contribution in [2.45, 2.75) is 31.6 Å². The van der Waals surface area contributed by atoms with Gasteiger partial charge in [-0.05, 0) is 48.2 Å². The van der Waals surface area contributed by atoms with Gasteiger partial charge >= 0.3 is 5.97 Å². The van der Waals surface area contributed by atoms with Crippen LogP contribution in [0.2, 0.25) is 0 Å². The van der Waals surface area contributed by atoms with E-state index in [0.717, 1.165) is 40.1 Å². The molecule has 1 heterocycles. The molecule has 0 unspecified atom stereocenters. The fraction of sp³-hybridized carbons (Fsp3) is 0.391. The molecule has 172 valence electrons. The number of benzene rings is 2. The first-order chi connectivity index (χ1) is 15.3. The van der Waals surface area contributed by atoms with Crippen molar-refractivity contribution in [2.24, 2.45) is 0 Å². The molecule has 1 fully saturated rings. The van der Waals surface area contributed by atoms with Gasteiger partial charge in [-0.15, -0.1) is 0 Å². The third kappa shape index (κ3) is 5.23. The molecule has 2 aromatic rings. The maximum atomic E-state index is 14.3. The van der Waals surface area contributed by atoms with Gasteiger partial charge < -0.3 is 9.47 Å². The summed E-state index contributed by atoms with van der Waals surface area (Å²) in [4.78, 5) is 24.6. The Labute approximate surface area is 187 Å². The van der Waals surface area contributed by atoms with Gasteiger partial charge in [0.1, 0.15) is 10.7 Å². The van der Waals surface area contributed by atoms with E-state index in [2.05, 4.69) is 0 Å². The summed E-state index contributed by atoms with van der Waals surface area (Å²) in [6.07, 6.45) is 1.42. The van der Waals surface area contributed by atoms with Crippen LogP contribution >= 0.6 is 0 Å². The molecule has 3 rings (SSSR count). The molecule has 1 saturated heterocycles. The zero-order valence-electron chi connectivity index (χ0n) is 18.1. The Balaban J connectivity index is 1.76. The molecule has 9 heteroatoms. The minimum atomic E-state index is -4.14. The first-order valence-electron chi connectivity index (χ1n) is 10.5. The molecule has 1 aliphatic heterocycles. The van der Waals surface area contributed by atoms with Crippen molar-refractivity contribution < 1.29 is 31.9 Å². The highest BCUT2D eigenvalue weighted by atomic mass is 32.2. The number of ether oxygens (including phenoxy) is 2. The van der Waals surface area contributed by atoms with Crippen LogP contribution in [-0.2, 0) is 32.3 Å². The number of Topliss-reactive ketones (excluding diaryl/α,β-unsaturated/α-hetero) is 1. The average molecular weight is 464 g/mol. The molecule has 1 aliphatic rings. The van der Waals surface area contributed by atoms with Crippen LogP contribution in [0.5, 0.6) is 0 Å². The van der Waals surface area contributed by atoms with Gasteiger partial charge in [0.25, 0.3) is 0 Å². The van der Waals surface area contributed by atoms with Crippen molar-refractivity contribution in [2.75, 3.05) is 32.9 Å². The molecule has 32 heavy (non-hydrogen) atoms. The summed E-state index contributed by atoms with van der Waals surface area (Å²) in [5, 5.41) is 0. The zero-order valence-corrected chi connectivity index (χ0v) is 18.9. The number of morpholine rings is 1. The van der Waals surface area contributed by atoms with Gasteiger partial charge in [0.2, 0.25) is 15.8 Å². The van der Waals surface area contributed by atoms with E-state index < -0.39 is 33.3 Å². The van der Waals surface area contributed by atoms with Crippen LogP contribution in [0.15, 0.2) is 41.3 Å². The van der Waals surface area contributed by atoms with Crippen molar-refractivity contribution in [1.29, 1.82) is 0 Å². The largest absolute Gasteiger partial charge is 0.454 e. The normalized spacial score (nSPS) is 14.8. The summed E-state index contributed by atoms with van der Waals surface area (Å²) in [6, 6.07) is 8.62. The second-order valence-corrected chi connectivity index (χ2v) is 9.27. The lowest BCUT2D eigenvalue weighted by atomic mass is 9.98. The number of hydrogen-bond donors (Lipinski definition) is 0. The quantitative estimate of drug-likeness (QED) is 0.442. The van der Waals surface area contributed by atoms with Gasteiger partial charge in [-0.25, -0.2) is 17.6 Å². The molecular weight excluding hydrogens is 437 g/mol. The van der Waals surface area contributed by atoms with Gasteiger partial charge in [0, 0.05) is 18.7 Å². The van der Waals surface area contributed by atoms with Crippen LogP contribution in [0, 0.1) is 5.82 Å². The lowest BCUT2D eigenvalue weighted by molar-refractivity contribution is 0.0474. The molecule has 0 radical (unpaired) electrons. The van der Waals surface area contributed by atoms with Crippen LogP contribution in [0.25, 0.3) is 0 Å². The minimum absolute atomic E-state index is 0.0987. The third-order valence-electron chi connectivity index (χ3n) is 5.35. The monoisotopic (exact) mass is 463 g/mol. The Morgan fingerprint density at radius 3 is 2.44 bits per heavy atom. The van der Waals surface area contributed by atoms with E-state index in [1.165, 1.54) is 0 Å². The molecule has 2 aromatic carbocycles. The van der Waals surface area contributed by atoms with Gasteiger partial charge in [0.15, 0.2) is 6.61 Å². The maximum absolute atomic E-state index is 14.3. The summed E-state index contributed by atoms with van der Waals surface area (Å²) in [5.41, 5.74) is 2.19. The van der Waals surface area contributed by atoms with E-state index in [9.17, 15) is 22.4 Å². The summed E-state index contributed by atoms with van der Waals surface area (Å²) in [5.74, 6) is -2.22. The van der Waals surface area contributed by atoms with Gasteiger partial charge in [-0.3, -0.25) is 4.79 Å². The Morgan fingerprint density at radius 1 is 1.06 bits per heavy atom. The Morgan fingerprint density at radius 2 is 1.78 bits per heavy atom. The Hall–Kier alpha value is -2.62. The third-order valence-corrected chi connectivity index (χ3v) is 7.27. The number of rotatable bonds is 8. The summed E-state index contributed by atoms with van der Waals surface area (Å²) < 4.78 is 51.3. The number of ketones is 1. The van der Waals surface area contributed by atoms with E-state index in [-0.39, 0.29) is 37.6 Å². The minimum Gasteiger partial charge on any atom is -0.454 e. The van der Waals surface area contributed by atoms with E-state index in [4.69, 9.17) is 9.47 Å². The topological polar surface area (TPSA) is 90.0 Å². The zero-order chi connectivity index (χ0) is 23.3. The van der Waals surface area contributed by atoms with Crippen LogP contribution in [0.4, 0.5) is 4.39 Å². The van der Waals surface area contributed by atoms with Crippen molar-refractivity contribution >= 4 is 21.8 Å². The van der Waals surface area contributed by atoms with Crippen LogP contribution in [0.1, 0.15) is 45.7 Å². The molecule has 0 bridgehead atoms. The van der Waals surface area contributed by atoms with Gasteiger partial charge in [-0.1, -0.05) is 26.0 Å². The van der Waals surface area contributed by atoms with Crippen molar-refractivity contribution in [3.8, 4) is 0 Å². The molecule has 0 N–H and O–H groups in total. The second-order valence-electron chi connectivity index (χ2n) is 7.36. The van der Waals surface area contributed by atoms with Gasteiger partial charge in [0.05, 0.1) is 18.8 Å². The molecule has 0 amide bonds. The van der Waals surface area contributed by atoms with Crippen molar-refractivity contribution in [1.82, 2.24) is 4.31 Å². The number of carbonyl (C=O) groups excluding carboxylic acids is 2. The number of aryl methyl sites for hydroxylation is 2. The lowest BCUT2D eigenvalue weighted by Gasteiger charge is -2.26. The number of sulfonamides is 1. The Kier molecular flexibility index (Phi) is 7.76. The standard InChI is InChI=1S/C23H26FNO6S/c1-3-16-5-6-17(4-2)19(13-16)21(26)15-31-23(27)18-7-8-20(24)22(14-18)32(28,29)25-9-11-30-12-10-25/h5-8,13-14H,3-4,9-12,15H2,1-2H3. The smallest absolute Gasteiger partial charge is 0.338 e. The highest BCUT2D eigenvalue weighted by molar-refractivity contribution is 7.89. The molecule has 0 aliphatic carbocycles. The Bertz CT molecular complexity index is 1110. The van der Waals surface area contributed by atoms with Crippen LogP contribution in [-0.4, -0.2) is 57.4 Å². The summed E-state index contributed by atoms with van der Waals surface area (Å²) in [6.45, 7) is 4.03.